The molecule has 140 valence electrons. The summed E-state index contributed by atoms with van der Waals surface area (Å²) in [5, 5.41) is 0. The van der Waals surface area contributed by atoms with E-state index in [4.69, 9.17) is 4.74 Å². The number of rotatable bonds is 6. The van der Waals surface area contributed by atoms with Crippen LogP contribution in [-0.2, 0) is 29.3 Å². The topological polar surface area (TPSA) is 55.4 Å². The van der Waals surface area contributed by atoms with Crippen molar-refractivity contribution in [3.8, 4) is 5.75 Å². The Labute approximate surface area is 156 Å². The van der Waals surface area contributed by atoms with Crippen LogP contribution >= 0.6 is 0 Å². The van der Waals surface area contributed by atoms with E-state index in [9.17, 15) is 8.42 Å². The van der Waals surface area contributed by atoms with Gasteiger partial charge in [0.05, 0.1) is 12.0 Å². The van der Waals surface area contributed by atoms with Gasteiger partial charge in [-0.3, -0.25) is 0 Å². The zero-order valence-electron chi connectivity index (χ0n) is 15.7. The number of methoxy groups -OCH3 is 1. The Balaban J connectivity index is 1.83. The third-order valence-electron chi connectivity index (χ3n) is 5.15. The van der Waals surface area contributed by atoms with Gasteiger partial charge < -0.3 is 4.74 Å². The molecule has 5 heteroatoms. The SMILES string of the molecule is CCc1cc(S(=O)(=O)N[C@H](C)c2ccc3c(c2)CCCC3)ccc1OC. The average Bonchev–Trinajstić information content (AvgIpc) is 2.66. The maximum atomic E-state index is 12.8. The summed E-state index contributed by atoms with van der Waals surface area (Å²) >= 11 is 0. The molecule has 0 aliphatic heterocycles. The fraction of sp³-hybridized carbons (Fsp3) is 0.429. The molecule has 4 nitrogen and oxygen atoms in total. The van der Waals surface area contributed by atoms with E-state index in [2.05, 4.69) is 16.9 Å². The standard InChI is InChI=1S/C21H27NO3S/c1-4-16-14-20(11-12-21(16)25-3)26(23,24)22-15(2)18-10-9-17-7-5-6-8-19(17)13-18/h9-15,22H,4-8H2,1-3H3/t15-/m1/s1. The molecule has 0 amide bonds. The Hall–Kier alpha value is -1.85. The summed E-state index contributed by atoms with van der Waals surface area (Å²) in [6, 6.07) is 11.1. The van der Waals surface area contributed by atoms with Crippen LogP contribution in [0.15, 0.2) is 41.3 Å². The predicted octanol–water partition coefficient (Wildman–Crippen LogP) is 4.18. The molecule has 1 aliphatic rings. The molecule has 0 aromatic heterocycles. The van der Waals surface area contributed by atoms with Gasteiger partial charge in [0.1, 0.15) is 5.75 Å². The highest BCUT2D eigenvalue weighted by atomic mass is 32.2. The van der Waals surface area contributed by atoms with Crippen LogP contribution in [0, 0.1) is 0 Å². The summed E-state index contributed by atoms with van der Waals surface area (Å²) in [6.45, 7) is 3.88. The Bertz CT molecular complexity index is 890. The molecule has 0 unspecified atom stereocenters. The Kier molecular flexibility index (Phi) is 5.68. The van der Waals surface area contributed by atoms with Crippen molar-refractivity contribution in [3.63, 3.8) is 0 Å². The molecule has 1 aliphatic carbocycles. The first-order valence-electron chi connectivity index (χ1n) is 9.25. The molecule has 0 saturated carbocycles. The normalized spacial score (nSPS) is 15.3. The molecule has 0 radical (unpaired) electrons. The molecular formula is C21H27NO3S. The third kappa shape index (κ3) is 3.94. The number of nitrogens with one attached hydrogen (secondary N) is 1. The summed E-state index contributed by atoms with van der Waals surface area (Å²) in [5.74, 6) is 0.717. The second kappa shape index (κ2) is 7.80. The van der Waals surface area contributed by atoms with E-state index in [1.807, 2.05) is 19.9 Å². The van der Waals surface area contributed by atoms with E-state index < -0.39 is 10.0 Å². The second-order valence-corrected chi connectivity index (χ2v) is 8.62. The van der Waals surface area contributed by atoms with Crippen LogP contribution in [-0.4, -0.2) is 15.5 Å². The summed E-state index contributed by atoms with van der Waals surface area (Å²) in [5.41, 5.74) is 4.66. The largest absolute Gasteiger partial charge is 0.496 e. The van der Waals surface area contributed by atoms with E-state index in [-0.39, 0.29) is 10.9 Å². The van der Waals surface area contributed by atoms with Gasteiger partial charge in [-0.05, 0) is 79.5 Å². The van der Waals surface area contributed by atoms with E-state index in [0.717, 1.165) is 24.0 Å². The molecule has 0 heterocycles. The molecule has 1 N–H and O–H groups in total. The first-order chi connectivity index (χ1) is 12.4. The van der Waals surface area contributed by atoms with Crippen molar-refractivity contribution < 1.29 is 13.2 Å². The number of ether oxygens (including phenoxy) is 1. The molecule has 0 fully saturated rings. The zero-order chi connectivity index (χ0) is 18.7. The van der Waals surface area contributed by atoms with Crippen LogP contribution in [0.2, 0.25) is 0 Å². The van der Waals surface area contributed by atoms with Crippen molar-refractivity contribution in [2.75, 3.05) is 7.11 Å². The fourth-order valence-corrected chi connectivity index (χ4v) is 4.87. The summed E-state index contributed by atoms with van der Waals surface area (Å²) in [4.78, 5) is 0.278. The maximum absolute atomic E-state index is 12.8. The van der Waals surface area contributed by atoms with E-state index in [1.165, 1.54) is 24.0 Å². The zero-order valence-corrected chi connectivity index (χ0v) is 16.5. The summed E-state index contributed by atoms with van der Waals surface area (Å²) in [6.07, 6.45) is 5.38. The highest BCUT2D eigenvalue weighted by molar-refractivity contribution is 7.89. The van der Waals surface area contributed by atoms with Crippen LogP contribution in [0.3, 0.4) is 0 Å². The number of sulfonamides is 1. The van der Waals surface area contributed by atoms with Crippen molar-refractivity contribution >= 4 is 10.0 Å². The molecular weight excluding hydrogens is 346 g/mol. The number of benzene rings is 2. The minimum atomic E-state index is -3.59. The van der Waals surface area contributed by atoms with Crippen LogP contribution < -0.4 is 9.46 Å². The van der Waals surface area contributed by atoms with Gasteiger partial charge in [0.15, 0.2) is 0 Å². The van der Waals surface area contributed by atoms with Crippen LogP contribution in [0.25, 0.3) is 0 Å². The number of hydrogen-bond acceptors (Lipinski definition) is 3. The first kappa shape index (κ1) is 18.9. The van der Waals surface area contributed by atoms with Gasteiger partial charge in [0.25, 0.3) is 0 Å². The van der Waals surface area contributed by atoms with Gasteiger partial charge >= 0.3 is 0 Å². The van der Waals surface area contributed by atoms with Crippen LogP contribution in [0.5, 0.6) is 5.75 Å². The van der Waals surface area contributed by atoms with Crippen molar-refractivity contribution in [2.45, 2.75) is 56.9 Å². The maximum Gasteiger partial charge on any atom is 0.241 e. The Morgan fingerprint density at radius 2 is 1.81 bits per heavy atom. The van der Waals surface area contributed by atoms with E-state index in [1.54, 1.807) is 25.3 Å². The van der Waals surface area contributed by atoms with Crippen molar-refractivity contribution in [1.82, 2.24) is 4.72 Å². The molecule has 0 spiro atoms. The molecule has 2 aromatic rings. The van der Waals surface area contributed by atoms with Gasteiger partial charge in [0.2, 0.25) is 10.0 Å². The van der Waals surface area contributed by atoms with Crippen molar-refractivity contribution in [3.05, 3.63) is 58.7 Å². The number of hydrogen-bond donors (Lipinski definition) is 1. The van der Waals surface area contributed by atoms with Gasteiger partial charge in [0, 0.05) is 6.04 Å². The quantitative estimate of drug-likeness (QED) is 0.826. The van der Waals surface area contributed by atoms with Gasteiger partial charge in [-0.2, -0.15) is 0 Å². The second-order valence-electron chi connectivity index (χ2n) is 6.91. The highest BCUT2D eigenvalue weighted by Crippen LogP contribution is 2.27. The molecule has 2 aromatic carbocycles. The third-order valence-corrected chi connectivity index (χ3v) is 6.69. The van der Waals surface area contributed by atoms with Crippen LogP contribution in [0.1, 0.15) is 55.0 Å². The van der Waals surface area contributed by atoms with Crippen molar-refractivity contribution in [1.29, 1.82) is 0 Å². The van der Waals surface area contributed by atoms with Gasteiger partial charge in [-0.25, -0.2) is 13.1 Å². The predicted molar refractivity (Wildman–Crippen MR) is 104 cm³/mol. The lowest BCUT2D eigenvalue weighted by atomic mass is 9.89. The molecule has 0 bridgehead atoms. The van der Waals surface area contributed by atoms with E-state index >= 15 is 0 Å². The molecule has 0 saturated heterocycles. The summed E-state index contributed by atoms with van der Waals surface area (Å²) in [7, 11) is -2.00. The Morgan fingerprint density at radius 1 is 1.08 bits per heavy atom. The average molecular weight is 374 g/mol. The molecule has 3 rings (SSSR count). The lowest BCUT2D eigenvalue weighted by Gasteiger charge is -2.20. The fourth-order valence-electron chi connectivity index (χ4n) is 3.59. The van der Waals surface area contributed by atoms with Gasteiger partial charge in [-0.1, -0.05) is 25.1 Å². The van der Waals surface area contributed by atoms with E-state index in [0.29, 0.717) is 12.2 Å². The monoisotopic (exact) mass is 373 g/mol. The molecule has 26 heavy (non-hydrogen) atoms. The van der Waals surface area contributed by atoms with Gasteiger partial charge in [-0.15, -0.1) is 0 Å². The highest BCUT2D eigenvalue weighted by Gasteiger charge is 2.21. The lowest BCUT2D eigenvalue weighted by molar-refractivity contribution is 0.409. The summed E-state index contributed by atoms with van der Waals surface area (Å²) < 4.78 is 33.7. The van der Waals surface area contributed by atoms with Crippen LogP contribution in [0.4, 0.5) is 0 Å². The Morgan fingerprint density at radius 3 is 2.50 bits per heavy atom. The number of fused-ring (bicyclic) bond motifs is 1. The minimum Gasteiger partial charge on any atom is -0.496 e. The molecule has 1 atom stereocenters. The number of aryl methyl sites for hydroxylation is 3. The minimum absolute atomic E-state index is 0.278. The van der Waals surface area contributed by atoms with Crippen molar-refractivity contribution in [2.24, 2.45) is 0 Å². The lowest BCUT2D eigenvalue weighted by Crippen LogP contribution is -2.27. The smallest absolute Gasteiger partial charge is 0.241 e. The first-order valence-corrected chi connectivity index (χ1v) is 10.7.